The van der Waals surface area contributed by atoms with Gasteiger partial charge in [0.05, 0.1) is 4.92 Å². The second kappa shape index (κ2) is 6.17. The first-order valence-corrected chi connectivity index (χ1v) is 6.64. The predicted molar refractivity (Wildman–Crippen MR) is 77.8 cm³/mol. The number of aromatic nitrogens is 4. The van der Waals surface area contributed by atoms with Gasteiger partial charge in [-0.1, -0.05) is 0 Å². The van der Waals surface area contributed by atoms with E-state index in [0.29, 0.717) is 6.54 Å². The van der Waals surface area contributed by atoms with Gasteiger partial charge in [-0.15, -0.1) is 0 Å². The van der Waals surface area contributed by atoms with Crippen molar-refractivity contribution in [2.45, 2.75) is 17.1 Å². The van der Waals surface area contributed by atoms with Crippen LogP contribution in [0.15, 0.2) is 22.6 Å². The molecular weight excluding hydrogens is 296 g/mol. The molecule has 0 unspecified atom stereocenters. The molecule has 0 amide bonds. The molecule has 0 aliphatic carbocycles. The van der Waals surface area contributed by atoms with E-state index in [1.807, 2.05) is 0 Å². The second-order valence-electron chi connectivity index (χ2n) is 3.77. The van der Waals surface area contributed by atoms with Crippen LogP contribution in [0.25, 0.3) is 0 Å². The molecule has 110 valence electrons. The number of anilines is 3. The Hall–Kier alpha value is -2.69. The summed E-state index contributed by atoms with van der Waals surface area (Å²) in [6, 6.07) is 1.39. The highest BCUT2D eigenvalue weighted by Gasteiger charge is 2.24. The van der Waals surface area contributed by atoms with Crippen molar-refractivity contribution in [1.29, 1.82) is 0 Å². The fourth-order valence-corrected chi connectivity index (χ4v) is 2.34. The zero-order valence-corrected chi connectivity index (χ0v) is 11.8. The zero-order chi connectivity index (χ0) is 15.4. The average Bonchev–Trinajstić information content (AvgIpc) is 2.37. The van der Waals surface area contributed by atoms with Crippen LogP contribution in [-0.4, -0.2) is 31.4 Å². The molecular formula is C10H12N8O2S. The molecule has 10 nitrogen and oxygen atoms in total. The molecule has 0 fully saturated rings. The molecule has 2 rings (SSSR count). The van der Waals surface area contributed by atoms with Crippen LogP contribution in [-0.2, 0) is 0 Å². The summed E-state index contributed by atoms with van der Waals surface area (Å²) in [5, 5.41) is 14.3. The van der Waals surface area contributed by atoms with E-state index in [1.165, 1.54) is 12.4 Å². The summed E-state index contributed by atoms with van der Waals surface area (Å²) in [5.41, 5.74) is 10.9. The Morgan fingerprint density at radius 1 is 1.33 bits per heavy atom. The second-order valence-corrected chi connectivity index (χ2v) is 4.72. The molecule has 0 spiro atoms. The molecule has 21 heavy (non-hydrogen) atoms. The molecule has 0 saturated heterocycles. The highest BCUT2D eigenvalue weighted by Crippen LogP contribution is 2.35. The fraction of sp³-hybridized carbons (Fsp3) is 0.200. The van der Waals surface area contributed by atoms with E-state index in [2.05, 4.69) is 25.3 Å². The van der Waals surface area contributed by atoms with Gasteiger partial charge in [0, 0.05) is 12.6 Å². The number of nitrogens with two attached hydrogens (primary N) is 2. The van der Waals surface area contributed by atoms with Gasteiger partial charge in [-0.25, -0.2) is 19.9 Å². The van der Waals surface area contributed by atoms with Crippen molar-refractivity contribution in [1.82, 2.24) is 19.9 Å². The maximum atomic E-state index is 11.2. The Kier molecular flexibility index (Phi) is 4.33. The average molecular weight is 308 g/mol. The third kappa shape index (κ3) is 3.45. The van der Waals surface area contributed by atoms with Gasteiger partial charge < -0.3 is 16.8 Å². The summed E-state index contributed by atoms with van der Waals surface area (Å²) in [7, 11) is 0. The number of nitrogen functional groups attached to an aromatic ring is 2. The number of rotatable bonds is 5. The molecule has 0 aliphatic heterocycles. The van der Waals surface area contributed by atoms with E-state index in [4.69, 9.17) is 11.5 Å². The zero-order valence-electron chi connectivity index (χ0n) is 11.0. The maximum Gasteiger partial charge on any atom is 0.343 e. The Balaban J connectivity index is 2.43. The van der Waals surface area contributed by atoms with E-state index in [0.717, 1.165) is 11.8 Å². The smallest absolute Gasteiger partial charge is 0.343 e. The van der Waals surface area contributed by atoms with E-state index < -0.39 is 4.92 Å². The molecule has 0 saturated carbocycles. The lowest BCUT2D eigenvalue weighted by molar-refractivity contribution is -0.387. The van der Waals surface area contributed by atoms with Crippen molar-refractivity contribution in [3.05, 3.63) is 22.5 Å². The molecule has 0 aliphatic rings. The quantitative estimate of drug-likeness (QED) is 0.313. The van der Waals surface area contributed by atoms with Gasteiger partial charge in [0.25, 0.3) is 0 Å². The van der Waals surface area contributed by atoms with Crippen molar-refractivity contribution in [2.24, 2.45) is 0 Å². The molecule has 0 atom stereocenters. The SMILES string of the molecule is CCNc1ncnc(Sc2nc(N)cc(N)n2)c1[N+](=O)[O-]. The first-order chi connectivity index (χ1) is 10.0. The Morgan fingerprint density at radius 3 is 2.57 bits per heavy atom. The highest BCUT2D eigenvalue weighted by molar-refractivity contribution is 7.99. The van der Waals surface area contributed by atoms with Gasteiger partial charge >= 0.3 is 5.69 Å². The van der Waals surface area contributed by atoms with Gasteiger partial charge in [-0.3, -0.25) is 10.1 Å². The summed E-state index contributed by atoms with van der Waals surface area (Å²) < 4.78 is 0. The molecule has 0 aromatic carbocycles. The van der Waals surface area contributed by atoms with Crippen LogP contribution in [0.1, 0.15) is 6.92 Å². The largest absolute Gasteiger partial charge is 0.383 e. The lowest BCUT2D eigenvalue weighted by Crippen LogP contribution is -2.06. The third-order valence-corrected chi connectivity index (χ3v) is 3.11. The summed E-state index contributed by atoms with van der Waals surface area (Å²) in [5.74, 6) is 0.485. The number of nitrogens with zero attached hydrogens (tertiary/aromatic N) is 5. The number of nitro groups is 1. The van der Waals surface area contributed by atoms with Crippen LogP contribution < -0.4 is 16.8 Å². The predicted octanol–water partition coefficient (Wildman–Crippen LogP) is 0.922. The molecule has 2 aromatic rings. The minimum absolute atomic E-state index is 0.107. The van der Waals surface area contributed by atoms with Crippen molar-refractivity contribution in [2.75, 3.05) is 23.3 Å². The van der Waals surface area contributed by atoms with Gasteiger partial charge in [0.15, 0.2) is 10.2 Å². The summed E-state index contributed by atoms with van der Waals surface area (Å²) in [6.07, 6.45) is 1.23. The molecule has 5 N–H and O–H groups in total. The highest BCUT2D eigenvalue weighted by atomic mass is 32.2. The van der Waals surface area contributed by atoms with Gasteiger partial charge in [-0.05, 0) is 18.7 Å². The topological polar surface area (TPSA) is 159 Å². The van der Waals surface area contributed by atoms with E-state index in [-0.39, 0.29) is 33.3 Å². The Labute approximate surface area is 123 Å². The molecule has 2 heterocycles. The third-order valence-electron chi connectivity index (χ3n) is 2.25. The van der Waals surface area contributed by atoms with E-state index in [1.54, 1.807) is 6.92 Å². The van der Waals surface area contributed by atoms with Crippen molar-refractivity contribution < 1.29 is 4.92 Å². The van der Waals surface area contributed by atoms with Gasteiger partial charge in [0.2, 0.25) is 5.82 Å². The van der Waals surface area contributed by atoms with Crippen LogP contribution in [0, 0.1) is 10.1 Å². The summed E-state index contributed by atoms with van der Waals surface area (Å²) >= 11 is 0.896. The number of nitrogens with one attached hydrogen (secondary N) is 1. The van der Waals surface area contributed by atoms with Gasteiger partial charge in [-0.2, -0.15) is 0 Å². The summed E-state index contributed by atoms with van der Waals surface area (Å²) in [4.78, 5) is 26.3. The van der Waals surface area contributed by atoms with Crippen molar-refractivity contribution >= 4 is 34.9 Å². The first-order valence-electron chi connectivity index (χ1n) is 5.82. The van der Waals surface area contributed by atoms with Crippen LogP contribution >= 0.6 is 11.8 Å². The van der Waals surface area contributed by atoms with Crippen molar-refractivity contribution in [3.63, 3.8) is 0 Å². The van der Waals surface area contributed by atoms with Crippen molar-refractivity contribution in [3.8, 4) is 0 Å². The minimum atomic E-state index is -0.560. The first kappa shape index (κ1) is 14.7. The lowest BCUT2D eigenvalue weighted by atomic mass is 10.5. The molecule has 0 radical (unpaired) electrons. The lowest BCUT2D eigenvalue weighted by Gasteiger charge is -2.06. The molecule has 2 aromatic heterocycles. The summed E-state index contributed by atoms with van der Waals surface area (Å²) in [6.45, 7) is 2.30. The monoisotopic (exact) mass is 308 g/mol. The molecule has 11 heteroatoms. The standard InChI is InChI=1S/C10H12N8O2S/c1-2-13-8-7(18(19)20)9(15-4-14-8)21-10-16-5(11)3-6(12)17-10/h3-4H,2H2,1H3,(H,13,14,15)(H4,11,12,16,17). The Morgan fingerprint density at radius 2 is 2.00 bits per heavy atom. The Bertz CT molecular complexity index is 660. The molecule has 0 bridgehead atoms. The maximum absolute atomic E-state index is 11.2. The van der Waals surface area contributed by atoms with Crippen LogP contribution in [0.4, 0.5) is 23.1 Å². The fourth-order valence-electron chi connectivity index (χ4n) is 1.49. The minimum Gasteiger partial charge on any atom is -0.383 e. The normalized spacial score (nSPS) is 10.3. The number of hydrogen-bond donors (Lipinski definition) is 3. The van der Waals surface area contributed by atoms with E-state index >= 15 is 0 Å². The van der Waals surface area contributed by atoms with Crippen LogP contribution in [0.5, 0.6) is 0 Å². The number of hydrogen-bond acceptors (Lipinski definition) is 10. The van der Waals surface area contributed by atoms with E-state index in [9.17, 15) is 10.1 Å². The van der Waals surface area contributed by atoms with Gasteiger partial charge in [0.1, 0.15) is 18.0 Å². The van der Waals surface area contributed by atoms with Crippen LogP contribution in [0.3, 0.4) is 0 Å². The van der Waals surface area contributed by atoms with Crippen LogP contribution in [0.2, 0.25) is 0 Å².